The van der Waals surface area contributed by atoms with Crippen molar-refractivity contribution in [2.24, 2.45) is 0 Å². The van der Waals surface area contributed by atoms with E-state index in [2.05, 4.69) is 28.5 Å². The average molecular weight is 385 g/mol. The smallest absolute Gasteiger partial charge is 0.251 e. The number of nitrogens with zero attached hydrogens (tertiary/aromatic N) is 2. The highest BCUT2D eigenvalue weighted by Crippen LogP contribution is 2.33. The zero-order chi connectivity index (χ0) is 19.1. The first-order chi connectivity index (χ1) is 13.7. The summed E-state index contributed by atoms with van der Waals surface area (Å²) in [6.45, 7) is 1.99. The zero-order valence-electron chi connectivity index (χ0n) is 15.5. The van der Waals surface area contributed by atoms with Gasteiger partial charge in [-0.3, -0.25) is 9.78 Å². The molecule has 1 N–H and O–H groups in total. The Kier molecular flexibility index (Phi) is 4.17. The van der Waals surface area contributed by atoms with Crippen LogP contribution in [-0.2, 0) is 6.42 Å². The molecule has 0 saturated carbocycles. The van der Waals surface area contributed by atoms with Crippen LogP contribution in [-0.4, -0.2) is 15.9 Å². The van der Waals surface area contributed by atoms with Gasteiger partial charge in [0.05, 0.1) is 16.3 Å². The second-order valence-electron chi connectivity index (χ2n) is 7.10. The van der Waals surface area contributed by atoms with E-state index in [9.17, 15) is 4.79 Å². The number of benzene rings is 2. The van der Waals surface area contributed by atoms with Crippen LogP contribution in [0.2, 0.25) is 0 Å². The van der Waals surface area contributed by atoms with Crippen molar-refractivity contribution in [2.75, 3.05) is 0 Å². The number of hydrogen-bond acceptors (Lipinski definition) is 4. The summed E-state index contributed by atoms with van der Waals surface area (Å²) in [5, 5.41) is 4.13. The maximum Gasteiger partial charge on any atom is 0.251 e. The summed E-state index contributed by atoms with van der Waals surface area (Å²) in [5.41, 5.74) is 6.16. The molecular formula is C23H19N3OS. The molecule has 1 atom stereocenters. The second-order valence-corrected chi connectivity index (χ2v) is 8.13. The summed E-state index contributed by atoms with van der Waals surface area (Å²) in [6.07, 6.45) is 3.76. The number of hydrogen-bond donors (Lipinski definition) is 1. The Bertz CT molecular complexity index is 1200. The summed E-state index contributed by atoms with van der Waals surface area (Å²) >= 11 is 1.60. The fourth-order valence-corrected chi connectivity index (χ4v) is 4.92. The molecule has 2 aromatic carbocycles. The Morgan fingerprint density at radius 3 is 2.93 bits per heavy atom. The molecule has 28 heavy (non-hydrogen) atoms. The number of aryl methyl sites for hydroxylation is 2. The molecule has 138 valence electrons. The van der Waals surface area contributed by atoms with Gasteiger partial charge in [0.15, 0.2) is 0 Å². The number of nitrogens with one attached hydrogen (secondary N) is 1. The standard InChI is InChI=1S/C23H19N3OS/c1-14-17(7-4-12-24-14)23-26-20-11-9-16(13-21(20)28-23)22(27)25-19-10-8-15-5-2-3-6-18(15)19/h2-7,9,11-13,19H,8,10H2,1H3,(H,25,27)/t19-/m0/s1. The lowest BCUT2D eigenvalue weighted by atomic mass is 10.1. The Labute approximate surface area is 167 Å². The van der Waals surface area contributed by atoms with E-state index >= 15 is 0 Å². The Hall–Kier alpha value is -3.05. The lowest BCUT2D eigenvalue weighted by Gasteiger charge is -2.14. The lowest BCUT2D eigenvalue weighted by Crippen LogP contribution is -2.27. The van der Waals surface area contributed by atoms with Gasteiger partial charge in [-0.05, 0) is 61.2 Å². The third-order valence-electron chi connectivity index (χ3n) is 5.33. The van der Waals surface area contributed by atoms with Crippen LogP contribution in [0.1, 0.15) is 39.6 Å². The van der Waals surface area contributed by atoms with Crippen LogP contribution < -0.4 is 5.32 Å². The van der Waals surface area contributed by atoms with E-state index < -0.39 is 0 Å². The quantitative estimate of drug-likeness (QED) is 0.535. The van der Waals surface area contributed by atoms with E-state index in [1.54, 1.807) is 17.5 Å². The number of thiazole rings is 1. The summed E-state index contributed by atoms with van der Waals surface area (Å²) in [5.74, 6) is -0.0314. The van der Waals surface area contributed by atoms with Crippen molar-refractivity contribution >= 4 is 27.5 Å². The molecule has 0 aliphatic heterocycles. The predicted molar refractivity (Wildman–Crippen MR) is 113 cm³/mol. The molecule has 1 aliphatic rings. The summed E-state index contributed by atoms with van der Waals surface area (Å²) in [6, 6.07) is 18.1. The molecule has 4 nitrogen and oxygen atoms in total. The van der Waals surface area contributed by atoms with Gasteiger partial charge < -0.3 is 5.32 Å². The normalized spacial score (nSPS) is 15.5. The van der Waals surface area contributed by atoms with Crippen molar-refractivity contribution < 1.29 is 4.79 Å². The van der Waals surface area contributed by atoms with Crippen molar-refractivity contribution in [2.45, 2.75) is 25.8 Å². The third-order valence-corrected chi connectivity index (χ3v) is 6.38. The minimum absolute atomic E-state index is 0.0314. The zero-order valence-corrected chi connectivity index (χ0v) is 16.3. The van der Waals surface area contributed by atoms with Gasteiger partial charge in [0.25, 0.3) is 5.91 Å². The van der Waals surface area contributed by atoms with Gasteiger partial charge in [0.2, 0.25) is 0 Å². The maximum absolute atomic E-state index is 12.8. The number of pyridine rings is 1. The van der Waals surface area contributed by atoms with E-state index in [1.807, 2.05) is 43.3 Å². The highest BCUT2D eigenvalue weighted by molar-refractivity contribution is 7.21. The van der Waals surface area contributed by atoms with Gasteiger partial charge in [-0.2, -0.15) is 0 Å². The first kappa shape index (κ1) is 17.1. The molecule has 2 heterocycles. The molecule has 0 unspecified atom stereocenters. The molecule has 1 aliphatic carbocycles. The van der Waals surface area contributed by atoms with E-state index in [4.69, 9.17) is 4.98 Å². The van der Waals surface area contributed by atoms with Crippen LogP contribution >= 0.6 is 11.3 Å². The fraction of sp³-hybridized carbons (Fsp3) is 0.174. The van der Waals surface area contributed by atoms with Crippen LogP contribution in [0.4, 0.5) is 0 Å². The van der Waals surface area contributed by atoms with Gasteiger partial charge in [0, 0.05) is 23.0 Å². The predicted octanol–water partition coefficient (Wildman–Crippen LogP) is 5.08. The number of carbonyl (C=O) groups is 1. The van der Waals surface area contributed by atoms with Gasteiger partial charge in [-0.15, -0.1) is 11.3 Å². The number of rotatable bonds is 3. The van der Waals surface area contributed by atoms with E-state index in [0.717, 1.165) is 39.3 Å². The molecule has 0 fully saturated rings. The molecule has 2 aromatic heterocycles. The number of amides is 1. The first-order valence-corrected chi connectivity index (χ1v) is 10.2. The monoisotopic (exact) mass is 385 g/mol. The highest BCUT2D eigenvalue weighted by atomic mass is 32.1. The SMILES string of the molecule is Cc1ncccc1-c1nc2ccc(C(=O)N[C@H]3CCc4ccccc43)cc2s1. The van der Waals surface area contributed by atoms with Crippen LogP contribution in [0.3, 0.4) is 0 Å². The molecule has 1 amide bonds. The van der Waals surface area contributed by atoms with E-state index in [1.165, 1.54) is 11.1 Å². The molecule has 0 radical (unpaired) electrons. The maximum atomic E-state index is 12.8. The average Bonchev–Trinajstić information content (AvgIpc) is 3.32. The molecule has 5 heteroatoms. The topological polar surface area (TPSA) is 54.9 Å². The van der Waals surface area contributed by atoms with Gasteiger partial charge >= 0.3 is 0 Å². The van der Waals surface area contributed by atoms with Crippen molar-refractivity contribution in [1.29, 1.82) is 0 Å². The van der Waals surface area contributed by atoms with Gasteiger partial charge in [-0.1, -0.05) is 24.3 Å². The van der Waals surface area contributed by atoms with Crippen LogP contribution in [0.25, 0.3) is 20.8 Å². The number of carbonyl (C=O) groups excluding carboxylic acids is 1. The Morgan fingerprint density at radius 2 is 2.04 bits per heavy atom. The highest BCUT2D eigenvalue weighted by Gasteiger charge is 2.24. The summed E-state index contributed by atoms with van der Waals surface area (Å²) < 4.78 is 1.01. The molecule has 4 aromatic rings. The van der Waals surface area contributed by atoms with Gasteiger partial charge in [0.1, 0.15) is 5.01 Å². The van der Waals surface area contributed by atoms with Crippen LogP contribution in [0, 0.1) is 6.92 Å². The summed E-state index contributed by atoms with van der Waals surface area (Å²) in [7, 11) is 0. The van der Waals surface area contributed by atoms with E-state index in [-0.39, 0.29) is 11.9 Å². The number of aromatic nitrogens is 2. The minimum Gasteiger partial charge on any atom is -0.345 e. The molecule has 0 saturated heterocycles. The van der Waals surface area contributed by atoms with Gasteiger partial charge in [-0.25, -0.2) is 4.98 Å². The van der Waals surface area contributed by atoms with Crippen molar-refractivity contribution in [3.8, 4) is 10.6 Å². The van der Waals surface area contributed by atoms with Crippen molar-refractivity contribution in [3.05, 3.63) is 83.2 Å². The minimum atomic E-state index is -0.0314. The van der Waals surface area contributed by atoms with Crippen LogP contribution in [0.15, 0.2) is 60.8 Å². The molecule has 0 spiro atoms. The van der Waals surface area contributed by atoms with Crippen molar-refractivity contribution in [3.63, 3.8) is 0 Å². The lowest BCUT2D eigenvalue weighted by molar-refractivity contribution is 0.0937. The van der Waals surface area contributed by atoms with E-state index in [0.29, 0.717) is 5.56 Å². The summed E-state index contributed by atoms with van der Waals surface area (Å²) in [4.78, 5) is 21.9. The fourth-order valence-electron chi connectivity index (χ4n) is 3.84. The molecular weight excluding hydrogens is 366 g/mol. The second kappa shape index (κ2) is 6.84. The first-order valence-electron chi connectivity index (χ1n) is 9.40. The number of fused-ring (bicyclic) bond motifs is 2. The third kappa shape index (κ3) is 2.98. The van der Waals surface area contributed by atoms with Crippen molar-refractivity contribution in [1.82, 2.24) is 15.3 Å². The molecule has 5 rings (SSSR count). The largest absolute Gasteiger partial charge is 0.345 e. The van der Waals surface area contributed by atoms with Crippen LogP contribution in [0.5, 0.6) is 0 Å². The Balaban J connectivity index is 1.42. The Morgan fingerprint density at radius 1 is 1.14 bits per heavy atom. The molecule has 0 bridgehead atoms.